The summed E-state index contributed by atoms with van der Waals surface area (Å²) in [6.07, 6.45) is 18.7. The normalized spacial score (nSPS) is 23.1. The van der Waals surface area contributed by atoms with E-state index in [4.69, 9.17) is 0 Å². The Morgan fingerprint density at radius 3 is 2.00 bits per heavy atom. The standard InChI is InChI=1S/C17H35N.ClH/c1-3-4-5-6-7-8-9-10-11-14-17-15-12-13-16(2)18-17;/h16-18H,3-15H2,1-2H3;1H/t16-,17+;/m0./s1. The minimum absolute atomic E-state index is 0. The second kappa shape index (κ2) is 13.2. The van der Waals surface area contributed by atoms with Crippen molar-refractivity contribution in [1.29, 1.82) is 0 Å². The highest BCUT2D eigenvalue weighted by Gasteiger charge is 2.16. The Balaban J connectivity index is 0.00000324. The van der Waals surface area contributed by atoms with Crippen molar-refractivity contribution in [3.8, 4) is 0 Å². The molecular formula is C17H36ClN. The minimum Gasteiger partial charge on any atom is -0.312 e. The van der Waals surface area contributed by atoms with Gasteiger partial charge in [-0.15, -0.1) is 12.4 Å². The fourth-order valence-electron chi connectivity index (χ4n) is 3.17. The summed E-state index contributed by atoms with van der Waals surface area (Å²) in [5.41, 5.74) is 0. The zero-order valence-electron chi connectivity index (χ0n) is 13.3. The zero-order chi connectivity index (χ0) is 13.1. The Labute approximate surface area is 127 Å². The van der Waals surface area contributed by atoms with Gasteiger partial charge in [-0.25, -0.2) is 0 Å². The van der Waals surface area contributed by atoms with Crippen LogP contribution >= 0.6 is 12.4 Å². The van der Waals surface area contributed by atoms with Crippen LogP contribution in [-0.2, 0) is 0 Å². The lowest BCUT2D eigenvalue weighted by Gasteiger charge is -2.28. The van der Waals surface area contributed by atoms with E-state index in [1.807, 2.05) is 0 Å². The maximum atomic E-state index is 3.74. The van der Waals surface area contributed by atoms with Crippen LogP contribution in [0.4, 0.5) is 0 Å². The fourth-order valence-corrected chi connectivity index (χ4v) is 3.17. The van der Waals surface area contributed by atoms with Gasteiger partial charge in [-0.2, -0.15) is 0 Å². The van der Waals surface area contributed by atoms with Gasteiger partial charge in [0.1, 0.15) is 0 Å². The summed E-state index contributed by atoms with van der Waals surface area (Å²) in [5.74, 6) is 0. The van der Waals surface area contributed by atoms with Crippen molar-refractivity contribution in [2.45, 2.75) is 109 Å². The molecule has 1 fully saturated rings. The van der Waals surface area contributed by atoms with Gasteiger partial charge in [-0.1, -0.05) is 71.1 Å². The van der Waals surface area contributed by atoms with E-state index in [0.29, 0.717) is 0 Å². The molecule has 1 aliphatic heterocycles. The lowest BCUT2D eigenvalue weighted by atomic mass is 9.95. The number of hydrogen-bond acceptors (Lipinski definition) is 1. The lowest BCUT2D eigenvalue weighted by molar-refractivity contribution is 0.314. The molecule has 1 N–H and O–H groups in total. The monoisotopic (exact) mass is 289 g/mol. The van der Waals surface area contributed by atoms with E-state index in [1.54, 1.807) is 0 Å². The average molecular weight is 290 g/mol. The smallest absolute Gasteiger partial charge is 0.00695 e. The van der Waals surface area contributed by atoms with Crippen LogP contribution in [0.5, 0.6) is 0 Å². The summed E-state index contributed by atoms with van der Waals surface area (Å²) in [6.45, 7) is 4.63. The van der Waals surface area contributed by atoms with E-state index in [-0.39, 0.29) is 12.4 Å². The van der Waals surface area contributed by atoms with Crippen molar-refractivity contribution in [3.63, 3.8) is 0 Å². The Bertz CT molecular complexity index is 184. The van der Waals surface area contributed by atoms with Crippen LogP contribution in [-0.4, -0.2) is 12.1 Å². The fraction of sp³-hybridized carbons (Fsp3) is 1.00. The molecule has 1 nitrogen and oxygen atoms in total. The highest BCUT2D eigenvalue weighted by molar-refractivity contribution is 5.85. The number of rotatable bonds is 10. The molecular weight excluding hydrogens is 254 g/mol. The second-order valence-corrected chi connectivity index (χ2v) is 6.31. The van der Waals surface area contributed by atoms with Gasteiger partial charge >= 0.3 is 0 Å². The molecule has 0 amide bonds. The van der Waals surface area contributed by atoms with Crippen LogP contribution in [0, 0.1) is 0 Å². The maximum absolute atomic E-state index is 3.74. The third-order valence-corrected chi connectivity index (χ3v) is 4.37. The summed E-state index contributed by atoms with van der Waals surface area (Å²) < 4.78 is 0. The number of piperidine rings is 1. The predicted octanol–water partition coefficient (Wildman–Crippen LogP) is 5.86. The number of hydrogen-bond donors (Lipinski definition) is 1. The van der Waals surface area contributed by atoms with Gasteiger partial charge in [0.05, 0.1) is 0 Å². The van der Waals surface area contributed by atoms with Gasteiger partial charge < -0.3 is 5.32 Å². The van der Waals surface area contributed by atoms with Crippen molar-refractivity contribution < 1.29 is 0 Å². The highest BCUT2D eigenvalue weighted by Crippen LogP contribution is 2.18. The molecule has 1 aliphatic rings. The zero-order valence-corrected chi connectivity index (χ0v) is 14.1. The summed E-state index contributed by atoms with van der Waals surface area (Å²) in [7, 11) is 0. The molecule has 1 heterocycles. The van der Waals surface area contributed by atoms with Gasteiger partial charge in [-0.05, 0) is 26.2 Å². The van der Waals surface area contributed by atoms with Crippen LogP contribution in [0.2, 0.25) is 0 Å². The molecule has 0 aromatic heterocycles. The Kier molecular flexibility index (Phi) is 13.4. The Hall–Kier alpha value is 0.250. The van der Waals surface area contributed by atoms with Gasteiger partial charge in [0, 0.05) is 12.1 Å². The minimum atomic E-state index is 0. The van der Waals surface area contributed by atoms with E-state index in [2.05, 4.69) is 19.2 Å². The topological polar surface area (TPSA) is 12.0 Å². The largest absolute Gasteiger partial charge is 0.312 e. The van der Waals surface area contributed by atoms with Gasteiger partial charge in [-0.3, -0.25) is 0 Å². The summed E-state index contributed by atoms with van der Waals surface area (Å²) in [4.78, 5) is 0. The van der Waals surface area contributed by atoms with E-state index >= 15 is 0 Å². The molecule has 0 spiro atoms. The molecule has 0 aromatic carbocycles. The molecule has 116 valence electrons. The lowest BCUT2D eigenvalue weighted by Crippen LogP contribution is -2.40. The highest BCUT2D eigenvalue weighted by atomic mass is 35.5. The van der Waals surface area contributed by atoms with Crippen LogP contribution in [0.15, 0.2) is 0 Å². The third kappa shape index (κ3) is 10.7. The molecule has 0 unspecified atom stereocenters. The molecule has 0 bridgehead atoms. The average Bonchev–Trinajstić information content (AvgIpc) is 2.37. The predicted molar refractivity (Wildman–Crippen MR) is 89.3 cm³/mol. The Morgan fingerprint density at radius 2 is 1.42 bits per heavy atom. The molecule has 2 heteroatoms. The number of halogens is 1. The molecule has 0 saturated carbocycles. The van der Waals surface area contributed by atoms with Crippen molar-refractivity contribution in [3.05, 3.63) is 0 Å². The van der Waals surface area contributed by atoms with E-state index in [9.17, 15) is 0 Å². The molecule has 0 aromatic rings. The second-order valence-electron chi connectivity index (χ2n) is 6.31. The first kappa shape index (κ1) is 19.2. The van der Waals surface area contributed by atoms with Crippen LogP contribution in [0.25, 0.3) is 0 Å². The molecule has 19 heavy (non-hydrogen) atoms. The van der Waals surface area contributed by atoms with Crippen molar-refractivity contribution in [2.75, 3.05) is 0 Å². The van der Waals surface area contributed by atoms with Gasteiger partial charge in [0.2, 0.25) is 0 Å². The van der Waals surface area contributed by atoms with Crippen LogP contribution in [0.3, 0.4) is 0 Å². The molecule has 1 rings (SSSR count). The SMILES string of the molecule is CCCCCCCCCCC[C@@H]1CCC[C@H](C)N1.Cl. The molecule has 0 aliphatic carbocycles. The van der Waals surface area contributed by atoms with Crippen molar-refractivity contribution in [1.82, 2.24) is 5.32 Å². The molecule has 0 radical (unpaired) electrons. The summed E-state index contributed by atoms with van der Waals surface area (Å²) >= 11 is 0. The third-order valence-electron chi connectivity index (χ3n) is 4.37. The molecule has 2 atom stereocenters. The van der Waals surface area contributed by atoms with E-state index in [1.165, 1.54) is 83.5 Å². The van der Waals surface area contributed by atoms with Crippen molar-refractivity contribution in [2.24, 2.45) is 0 Å². The van der Waals surface area contributed by atoms with E-state index in [0.717, 1.165) is 12.1 Å². The van der Waals surface area contributed by atoms with Crippen LogP contribution < -0.4 is 5.32 Å². The number of unbranched alkanes of at least 4 members (excludes halogenated alkanes) is 8. The maximum Gasteiger partial charge on any atom is 0.00695 e. The summed E-state index contributed by atoms with van der Waals surface area (Å²) in [5, 5.41) is 3.74. The van der Waals surface area contributed by atoms with Crippen LogP contribution in [0.1, 0.15) is 97.3 Å². The quantitative estimate of drug-likeness (QED) is 0.497. The molecule has 1 saturated heterocycles. The first-order chi connectivity index (χ1) is 8.83. The van der Waals surface area contributed by atoms with Crippen molar-refractivity contribution >= 4 is 12.4 Å². The first-order valence-corrected chi connectivity index (χ1v) is 8.59. The van der Waals surface area contributed by atoms with Gasteiger partial charge in [0.25, 0.3) is 0 Å². The Morgan fingerprint density at radius 1 is 0.842 bits per heavy atom. The summed E-state index contributed by atoms with van der Waals surface area (Å²) in [6, 6.07) is 1.60. The number of nitrogens with one attached hydrogen (secondary N) is 1. The van der Waals surface area contributed by atoms with Gasteiger partial charge in [0.15, 0.2) is 0 Å². The van der Waals surface area contributed by atoms with E-state index < -0.39 is 0 Å². The first-order valence-electron chi connectivity index (χ1n) is 8.59.